The summed E-state index contributed by atoms with van der Waals surface area (Å²) < 4.78 is 36.0. The molecule has 2 amide bonds. The molecule has 0 atom stereocenters. The van der Waals surface area contributed by atoms with Crippen LogP contribution < -0.4 is 5.32 Å². The summed E-state index contributed by atoms with van der Waals surface area (Å²) in [4.78, 5) is 34.0. The van der Waals surface area contributed by atoms with E-state index in [0.717, 1.165) is 21.9 Å². The maximum Gasteiger partial charge on any atom is 0.408 e. The molecule has 1 N–H and O–H groups in total. The predicted molar refractivity (Wildman–Crippen MR) is 135 cm³/mol. The van der Waals surface area contributed by atoms with Gasteiger partial charge < -0.3 is 14.8 Å². The number of benzene rings is 1. The van der Waals surface area contributed by atoms with E-state index in [4.69, 9.17) is 4.74 Å². The number of ether oxygens (including phenoxy) is 2. The van der Waals surface area contributed by atoms with Gasteiger partial charge in [-0.1, -0.05) is 37.6 Å². The molecule has 0 radical (unpaired) electrons. The molecule has 9 nitrogen and oxygen atoms in total. The number of carbonyl (C=O) groups is 3. The Morgan fingerprint density at radius 1 is 1.09 bits per heavy atom. The van der Waals surface area contributed by atoms with Crippen LogP contribution in [0.2, 0.25) is 0 Å². The molecule has 0 fully saturated rings. The van der Waals surface area contributed by atoms with Crippen LogP contribution in [0.15, 0.2) is 24.3 Å². The Morgan fingerprint density at radius 3 is 2.17 bits per heavy atom. The molecule has 0 aliphatic carbocycles. The maximum atomic E-state index is 12.9. The molecular formula is C25H38N2O7S. The first-order valence-corrected chi connectivity index (χ1v) is 12.9. The van der Waals surface area contributed by atoms with Crippen LogP contribution in [0, 0.1) is 6.92 Å². The molecule has 1 aromatic carbocycles. The third kappa shape index (κ3) is 8.09. The Bertz CT molecular complexity index is 1080. The van der Waals surface area contributed by atoms with Crippen LogP contribution in [0.1, 0.15) is 71.6 Å². The first kappa shape index (κ1) is 30.2. The lowest BCUT2D eigenvalue weighted by Gasteiger charge is -2.33. The highest BCUT2D eigenvalue weighted by atomic mass is 32.2. The average molecular weight is 511 g/mol. The normalized spacial score (nSPS) is 15.1. The van der Waals surface area contributed by atoms with Gasteiger partial charge in [0.15, 0.2) is 0 Å². The molecule has 1 aromatic rings. The minimum atomic E-state index is -3.80. The third-order valence-corrected chi connectivity index (χ3v) is 7.35. The van der Waals surface area contributed by atoms with E-state index in [1.54, 1.807) is 40.7 Å². The molecule has 0 unspecified atom stereocenters. The fraction of sp³-hybridized carbons (Fsp3) is 0.560. The summed E-state index contributed by atoms with van der Waals surface area (Å²) in [6.45, 7) is 14.4. The van der Waals surface area contributed by atoms with Gasteiger partial charge in [0.2, 0.25) is 0 Å². The summed E-state index contributed by atoms with van der Waals surface area (Å²) in [7, 11) is -2.55. The number of nitrogens with one attached hydrogen (secondary N) is 1. The van der Waals surface area contributed by atoms with Crippen molar-refractivity contribution in [2.45, 2.75) is 79.4 Å². The Labute approximate surface area is 208 Å². The molecule has 0 bridgehead atoms. The second kappa shape index (κ2) is 11.7. The van der Waals surface area contributed by atoms with Gasteiger partial charge in [0.05, 0.1) is 12.6 Å². The summed E-state index contributed by atoms with van der Waals surface area (Å²) in [5, 5.41) is 2.25. The zero-order valence-corrected chi connectivity index (χ0v) is 23.0. The van der Waals surface area contributed by atoms with Crippen molar-refractivity contribution in [2.24, 2.45) is 0 Å². The highest BCUT2D eigenvalue weighted by Gasteiger charge is 2.45. The lowest BCUT2D eigenvalue weighted by molar-refractivity contribution is -0.139. The van der Waals surface area contributed by atoms with E-state index in [1.165, 1.54) is 13.2 Å². The Hall–Kier alpha value is -2.88. The van der Waals surface area contributed by atoms with E-state index in [-0.39, 0.29) is 11.4 Å². The van der Waals surface area contributed by atoms with Crippen molar-refractivity contribution < 1.29 is 32.3 Å². The topological polar surface area (TPSA) is 119 Å². The summed E-state index contributed by atoms with van der Waals surface area (Å²) in [6.07, 6.45) is 1.91. The number of hydrogen-bond acceptors (Lipinski definition) is 7. The first-order valence-electron chi connectivity index (χ1n) is 11.4. The molecule has 1 aliphatic rings. The highest BCUT2D eigenvalue weighted by molar-refractivity contribution is 7.99. The summed E-state index contributed by atoms with van der Waals surface area (Å²) in [5.74, 6) is -0.963. The zero-order chi connectivity index (χ0) is 27.2. The van der Waals surface area contributed by atoms with Crippen molar-refractivity contribution in [2.75, 3.05) is 13.7 Å². The number of amides is 2. The van der Waals surface area contributed by atoms with E-state index >= 15 is 0 Å². The molecule has 0 saturated carbocycles. The van der Waals surface area contributed by atoms with E-state index < -0.39 is 39.1 Å². The van der Waals surface area contributed by atoms with Gasteiger partial charge >= 0.3 is 12.1 Å². The molecule has 2 rings (SSSR count). The Kier molecular flexibility index (Phi) is 10.1. The number of alkyl carbamates (subject to hydrolysis) is 1. The van der Waals surface area contributed by atoms with E-state index in [9.17, 15) is 22.8 Å². The van der Waals surface area contributed by atoms with Crippen molar-refractivity contribution in [3.8, 4) is 0 Å². The Balaban J connectivity index is 0.000000405. The summed E-state index contributed by atoms with van der Waals surface area (Å²) in [6, 6.07) is 5.65. The lowest BCUT2D eigenvalue weighted by Crippen LogP contribution is -2.47. The van der Waals surface area contributed by atoms with Gasteiger partial charge in [-0.15, -0.1) is 0 Å². The number of rotatable bonds is 6. The molecule has 0 aromatic heterocycles. The van der Waals surface area contributed by atoms with Gasteiger partial charge in [0.1, 0.15) is 17.1 Å². The highest BCUT2D eigenvalue weighted by Crippen LogP contribution is 2.38. The third-order valence-electron chi connectivity index (χ3n) is 5.30. The summed E-state index contributed by atoms with van der Waals surface area (Å²) >= 11 is 0. The minimum absolute atomic E-state index is 0.121. The standard InChI is InChI=1S/C17H23NO3S.C8H15NO4/c1-6-13-10-12(3)8-9-14(13)15-11-16(19)18(22(15,20)21)17(4,5)7-2;1-8(2,3)13-7(11)9-5-6(10)12-4/h8-11H,6-7H2,1-5H3;5H2,1-4H3,(H,9,11). The van der Waals surface area contributed by atoms with Gasteiger partial charge in [-0.3, -0.25) is 9.59 Å². The van der Waals surface area contributed by atoms with Crippen LogP contribution in [0.5, 0.6) is 0 Å². The molecule has 0 spiro atoms. The van der Waals surface area contributed by atoms with Crippen LogP contribution >= 0.6 is 0 Å². The molecule has 35 heavy (non-hydrogen) atoms. The Morgan fingerprint density at radius 2 is 1.69 bits per heavy atom. The number of hydrogen-bond donors (Lipinski definition) is 1. The van der Waals surface area contributed by atoms with E-state index in [2.05, 4.69) is 10.1 Å². The SMILES string of the molecule is CCc1cc(C)ccc1C1=CC(=O)N(C(C)(C)CC)S1(=O)=O.COC(=O)CNC(=O)OC(C)(C)C. The van der Waals surface area contributed by atoms with Crippen molar-refractivity contribution in [1.29, 1.82) is 0 Å². The van der Waals surface area contributed by atoms with Gasteiger partial charge in [0.25, 0.3) is 15.9 Å². The number of esters is 1. The minimum Gasteiger partial charge on any atom is -0.468 e. The predicted octanol–water partition coefficient (Wildman–Crippen LogP) is 3.94. The quantitative estimate of drug-likeness (QED) is 0.576. The van der Waals surface area contributed by atoms with Gasteiger partial charge in [-0.25, -0.2) is 17.5 Å². The molecule has 196 valence electrons. The fourth-order valence-corrected chi connectivity index (χ4v) is 5.22. The number of nitrogens with zero attached hydrogens (tertiary/aromatic N) is 1. The molecule has 1 heterocycles. The monoisotopic (exact) mass is 510 g/mol. The molecule has 0 saturated heterocycles. The second-order valence-electron chi connectivity index (χ2n) is 9.73. The van der Waals surface area contributed by atoms with Crippen LogP contribution in [-0.4, -0.2) is 55.5 Å². The molecule has 1 aliphatic heterocycles. The van der Waals surface area contributed by atoms with Crippen molar-refractivity contribution in [1.82, 2.24) is 9.62 Å². The summed E-state index contributed by atoms with van der Waals surface area (Å²) in [5.41, 5.74) is 1.37. The smallest absolute Gasteiger partial charge is 0.408 e. The number of methoxy groups -OCH3 is 1. The van der Waals surface area contributed by atoms with Gasteiger partial charge in [-0.2, -0.15) is 0 Å². The first-order chi connectivity index (χ1) is 16.0. The fourth-order valence-electron chi connectivity index (χ4n) is 3.23. The number of aryl methyl sites for hydroxylation is 2. The van der Waals surface area contributed by atoms with Gasteiger partial charge in [0, 0.05) is 6.08 Å². The molecular weight excluding hydrogens is 472 g/mol. The van der Waals surface area contributed by atoms with Crippen LogP contribution in [-0.2, 0) is 35.5 Å². The maximum absolute atomic E-state index is 12.9. The number of carbonyl (C=O) groups excluding carboxylic acids is 3. The van der Waals surface area contributed by atoms with E-state index in [1.807, 2.05) is 32.9 Å². The number of sulfonamides is 1. The van der Waals surface area contributed by atoms with Crippen LogP contribution in [0.4, 0.5) is 4.79 Å². The zero-order valence-electron chi connectivity index (χ0n) is 22.1. The van der Waals surface area contributed by atoms with Crippen LogP contribution in [0.3, 0.4) is 0 Å². The van der Waals surface area contributed by atoms with Crippen molar-refractivity contribution in [3.05, 3.63) is 41.0 Å². The molecule has 10 heteroatoms. The van der Waals surface area contributed by atoms with E-state index in [0.29, 0.717) is 12.0 Å². The largest absolute Gasteiger partial charge is 0.468 e. The van der Waals surface area contributed by atoms with Crippen LogP contribution in [0.25, 0.3) is 4.91 Å². The van der Waals surface area contributed by atoms with Crippen molar-refractivity contribution >= 4 is 32.9 Å². The lowest BCUT2D eigenvalue weighted by atomic mass is 10.0. The second-order valence-corrected chi connectivity index (χ2v) is 11.5. The van der Waals surface area contributed by atoms with Crippen molar-refractivity contribution in [3.63, 3.8) is 0 Å². The van der Waals surface area contributed by atoms with Gasteiger partial charge in [-0.05, 0) is 65.5 Å². The average Bonchev–Trinajstić information content (AvgIpc) is 2.99.